The van der Waals surface area contributed by atoms with Gasteiger partial charge in [-0.15, -0.1) is 6.58 Å². The van der Waals surface area contributed by atoms with Gasteiger partial charge >= 0.3 is 0 Å². The third kappa shape index (κ3) is 2.95. The summed E-state index contributed by atoms with van der Waals surface area (Å²) in [5.41, 5.74) is -0.313. The van der Waals surface area contributed by atoms with Crippen LogP contribution in [0.1, 0.15) is 99.8 Å². The van der Waals surface area contributed by atoms with E-state index in [1.807, 2.05) is 19.9 Å². The summed E-state index contributed by atoms with van der Waals surface area (Å²) in [4.78, 5) is 27.6. The predicted molar refractivity (Wildman–Crippen MR) is 139 cm³/mol. The summed E-state index contributed by atoms with van der Waals surface area (Å²) in [6.45, 7) is 20.3. The molecule has 8 atom stereocenters. The molecule has 0 aliphatic heterocycles. The molecule has 0 heterocycles. The molecule has 0 aromatic carbocycles. The number of rotatable bonds is 1. The second kappa shape index (κ2) is 7.20. The zero-order valence-electron chi connectivity index (χ0n) is 23.1. The highest BCUT2D eigenvalue weighted by Crippen LogP contribution is 2.75. The zero-order chi connectivity index (χ0) is 25.8. The number of hydrogen-bond donors (Lipinski definition) is 0. The maximum absolute atomic E-state index is 14.4. The molecule has 0 amide bonds. The third-order valence-electron chi connectivity index (χ3n) is 12.9. The second-order valence-corrected chi connectivity index (χ2v) is 15.1. The first-order chi connectivity index (χ1) is 16.1. The Balaban J connectivity index is 1.64. The van der Waals surface area contributed by atoms with E-state index in [4.69, 9.17) is 0 Å². The molecule has 0 radical (unpaired) electrons. The van der Waals surface area contributed by atoms with Gasteiger partial charge in [0, 0.05) is 17.8 Å². The van der Waals surface area contributed by atoms with Crippen molar-refractivity contribution in [1.29, 1.82) is 5.26 Å². The molecule has 4 saturated carbocycles. The van der Waals surface area contributed by atoms with Crippen LogP contribution in [0.2, 0.25) is 0 Å². The van der Waals surface area contributed by atoms with Crippen LogP contribution in [0.5, 0.6) is 0 Å². The topological polar surface area (TPSA) is 57.9 Å². The Morgan fingerprint density at radius 1 is 0.943 bits per heavy atom. The average Bonchev–Trinajstić information content (AvgIpc) is 2.77. The first-order valence-corrected chi connectivity index (χ1v) is 14.0. The Hall–Kier alpha value is -1.69. The number of allylic oxidation sites excluding steroid dienone is 3. The van der Waals surface area contributed by atoms with Crippen LogP contribution in [-0.4, -0.2) is 11.6 Å². The molecular weight excluding hydrogens is 430 g/mol. The molecule has 35 heavy (non-hydrogen) atoms. The minimum atomic E-state index is -0.575. The number of nitrogens with zero attached hydrogens (tertiary/aromatic N) is 1. The first-order valence-electron chi connectivity index (χ1n) is 14.0. The minimum absolute atomic E-state index is 0.000714. The molecule has 0 N–H and O–H groups in total. The molecule has 1 unspecified atom stereocenters. The summed E-state index contributed by atoms with van der Waals surface area (Å²) in [6.07, 6.45) is 12.5. The summed E-state index contributed by atoms with van der Waals surface area (Å²) in [7, 11) is 0. The van der Waals surface area contributed by atoms with Crippen LogP contribution in [0.15, 0.2) is 24.3 Å². The van der Waals surface area contributed by atoms with E-state index in [-0.39, 0.29) is 50.6 Å². The van der Waals surface area contributed by atoms with Crippen LogP contribution in [0.3, 0.4) is 0 Å². The molecule has 0 aromatic rings. The lowest BCUT2D eigenvalue weighted by molar-refractivity contribution is -0.217. The maximum Gasteiger partial charge on any atom is 0.178 e. The lowest BCUT2D eigenvalue weighted by atomic mass is 9.31. The van der Waals surface area contributed by atoms with Crippen LogP contribution in [0.25, 0.3) is 0 Å². The number of carbonyl (C=O) groups excluding carboxylic acids is 2. The van der Waals surface area contributed by atoms with Crippen LogP contribution < -0.4 is 0 Å². The summed E-state index contributed by atoms with van der Waals surface area (Å²) >= 11 is 0. The Kier molecular flexibility index (Phi) is 5.14. The van der Waals surface area contributed by atoms with Gasteiger partial charge in [0.2, 0.25) is 0 Å². The van der Waals surface area contributed by atoms with E-state index in [0.717, 1.165) is 38.5 Å². The average molecular weight is 476 g/mol. The van der Waals surface area contributed by atoms with Gasteiger partial charge in [-0.3, -0.25) is 9.59 Å². The molecule has 5 aliphatic carbocycles. The fourth-order valence-corrected chi connectivity index (χ4v) is 10.7. The molecular formula is C32H45NO2. The Labute approximate surface area is 212 Å². The van der Waals surface area contributed by atoms with Crippen molar-refractivity contribution < 1.29 is 9.59 Å². The predicted octanol–water partition coefficient (Wildman–Crippen LogP) is 7.47. The van der Waals surface area contributed by atoms with E-state index in [0.29, 0.717) is 23.7 Å². The summed E-state index contributed by atoms with van der Waals surface area (Å²) in [6, 6.07) is 2.23. The molecule has 4 fully saturated rings. The maximum atomic E-state index is 14.4. The molecule has 3 heteroatoms. The highest BCUT2D eigenvalue weighted by atomic mass is 16.1. The summed E-state index contributed by atoms with van der Waals surface area (Å²) in [5, 5.41) is 9.87. The third-order valence-corrected chi connectivity index (χ3v) is 12.9. The normalized spacial score (nSPS) is 49.9. The van der Waals surface area contributed by atoms with Crippen molar-refractivity contribution >= 4 is 11.6 Å². The number of carbonyl (C=O) groups is 2. The van der Waals surface area contributed by atoms with Gasteiger partial charge in [-0.05, 0) is 89.8 Å². The highest BCUT2D eigenvalue weighted by Gasteiger charge is 2.71. The lowest BCUT2D eigenvalue weighted by Gasteiger charge is -2.71. The highest BCUT2D eigenvalue weighted by molar-refractivity contribution is 6.04. The van der Waals surface area contributed by atoms with Crippen molar-refractivity contribution in [2.75, 3.05) is 0 Å². The molecule has 190 valence electrons. The van der Waals surface area contributed by atoms with Gasteiger partial charge in [-0.2, -0.15) is 5.26 Å². The van der Waals surface area contributed by atoms with Gasteiger partial charge in [-0.25, -0.2) is 0 Å². The molecule has 0 aromatic heterocycles. The van der Waals surface area contributed by atoms with Crippen molar-refractivity contribution in [2.24, 2.45) is 56.2 Å². The molecule has 3 nitrogen and oxygen atoms in total. The fourth-order valence-electron chi connectivity index (χ4n) is 10.7. The van der Waals surface area contributed by atoms with Crippen molar-refractivity contribution in [3.63, 3.8) is 0 Å². The van der Waals surface area contributed by atoms with Gasteiger partial charge < -0.3 is 0 Å². The zero-order valence-corrected chi connectivity index (χ0v) is 23.1. The van der Waals surface area contributed by atoms with Crippen LogP contribution in [0, 0.1) is 67.5 Å². The quantitative estimate of drug-likeness (QED) is 0.370. The summed E-state index contributed by atoms with van der Waals surface area (Å²) in [5.74, 6) is 1.18. The first kappa shape index (κ1) is 25.0. The smallest absolute Gasteiger partial charge is 0.178 e. The molecule has 5 rings (SSSR count). The van der Waals surface area contributed by atoms with Gasteiger partial charge in [0.05, 0.1) is 5.57 Å². The monoisotopic (exact) mass is 475 g/mol. The van der Waals surface area contributed by atoms with Crippen LogP contribution in [-0.2, 0) is 9.59 Å². The van der Waals surface area contributed by atoms with Gasteiger partial charge in [0.15, 0.2) is 5.78 Å². The van der Waals surface area contributed by atoms with Gasteiger partial charge in [-0.1, -0.05) is 60.6 Å². The molecule has 0 saturated heterocycles. The van der Waals surface area contributed by atoms with Gasteiger partial charge in [0.1, 0.15) is 11.9 Å². The number of hydrogen-bond acceptors (Lipinski definition) is 3. The number of Topliss-reactive ketones (excluding diaryl/α,β-unsaturated/α-hetero) is 2. The Morgan fingerprint density at radius 2 is 1.60 bits per heavy atom. The van der Waals surface area contributed by atoms with E-state index in [1.54, 1.807) is 0 Å². The lowest BCUT2D eigenvalue weighted by Crippen LogP contribution is -2.68. The number of ketones is 2. The van der Waals surface area contributed by atoms with Gasteiger partial charge in [0.25, 0.3) is 0 Å². The Morgan fingerprint density at radius 3 is 2.23 bits per heavy atom. The van der Waals surface area contributed by atoms with E-state index in [2.05, 4.69) is 53.3 Å². The largest absolute Gasteiger partial charge is 0.299 e. The SMILES string of the molecule is C=C[C@]12CCC(C)(C)C[C@H]1[C@H]1C(=O)C[C@@H]3[C@@]4(C)C=C(C#N)C(=O)C(C)(C)C4CC[C@@]3(C)[C@]1(C)CC2. The van der Waals surface area contributed by atoms with Crippen molar-refractivity contribution in [3.05, 3.63) is 24.3 Å². The fraction of sp³-hybridized carbons (Fsp3) is 0.781. The van der Waals surface area contributed by atoms with Crippen molar-refractivity contribution in [3.8, 4) is 6.07 Å². The standard InChI is InChI=1S/C32H45NO2/c1-9-32-14-12-27(2,3)18-21(32)25-22(34)16-24-29(6)17-20(19-33)26(35)28(4,5)23(29)10-11-30(24,7)31(25,8)13-15-32/h9,17,21,23-25H,1,10-16,18H2,2-8H3/t21-,23?,24+,25-,29-,30+,31+,32+/m0/s1. The van der Waals surface area contributed by atoms with Crippen LogP contribution in [0.4, 0.5) is 0 Å². The van der Waals surface area contributed by atoms with E-state index < -0.39 is 5.41 Å². The Bertz CT molecular complexity index is 1070. The molecule has 5 aliphatic rings. The van der Waals surface area contributed by atoms with Crippen molar-refractivity contribution in [1.82, 2.24) is 0 Å². The molecule has 0 spiro atoms. The van der Waals surface area contributed by atoms with E-state index in [1.165, 1.54) is 6.42 Å². The summed E-state index contributed by atoms with van der Waals surface area (Å²) < 4.78 is 0. The minimum Gasteiger partial charge on any atom is -0.299 e. The molecule has 0 bridgehead atoms. The number of fused-ring (bicyclic) bond motifs is 7. The van der Waals surface area contributed by atoms with Crippen molar-refractivity contribution in [2.45, 2.75) is 99.8 Å². The van der Waals surface area contributed by atoms with E-state index in [9.17, 15) is 14.9 Å². The van der Waals surface area contributed by atoms with E-state index >= 15 is 0 Å². The van der Waals surface area contributed by atoms with Crippen LogP contribution >= 0.6 is 0 Å². The second-order valence-electron chi connectivity index (χ2n) is 15.1. The number of nitriles is 1.